The number of carbonyl (C=O) groups is 1. The SMILES string of the molecule is CCOC(=O)C1=C(c2ccsc2)CNCC1. The van der Waals surface area contributed by atoms with Gasteiger partial charge in [0.15, 0.2) is 0 Å². The van der Waals surface area contributed by atoms with Gasteiger partial charge in [-0.15, -0.1) is 0 Å². The van der Waals surface area contributed by atoms with Crippen molar-refractivity contribution in [3.05, 3.63) is 28.0 Å². The van der Waals surface area contributed by atoms with Crippen LogP contribution in [0.4, 0.5) is 0 Å². The molecule has 0 unspecified atom stereocenters. The molecule has 0 atom stereocenters. The molecule has 0 aliphatic carbocycles. The van der Waals surface area contributed by atoms with Crippen molar-refractivity contribution in [3.63, 3.8) is 0 Å². The fourth-order valence-corrected chi connectivity index (χ4v) is 2.51. The molecule has 1 aromatic heterocycles. The third-order valence-corrected chi connectivity index (χ3v) is 3.29. The van der Waals surface area contributed by atoms with Crippen molar-refractivity contribution in [2.24, 2.45) is 0 Å². The summed E-state index contributed by atoms with van der Waals surface area (Å²) in [5.41, 5.74) is 3.06. The monoisotopic (exact) mass is 237 g/mol. The second-order valence-corrected chi connectivity index (χ2v) is 4.40. The van der Waals surface area contributed by atoms with Gasteiger partial charge in [0.25, 0.3) is 0 Å². The largest absolute Gasteiger partial charge is 0.463 e. The lowest BCUT2D eigenvalue weighted by atomic mass is 9.97. The number of ether oxygens (including phenoxy) is 1. The molecule has 1 aromatic rings. The highest BCUT2D eigenvalue weighted by atomic mass is 32.1. The molecule has 0 saturated heterocycles. The minimum atomic E-state index is -0.162. The maximum atomic E-state index is 11.8. The number of hydrogen-bond acceptors (Lipinski definition) is 4. The van der Waals surface area contributed by atoms with Gasteiger partial charge in [-0.25, -0.2) is 4.79 Å². The summed E-state index contributed by atoms with van der Waals surface area (Å²) >= 11 is 1.65. The highest BCUT2D eigenvalue weighted by Crippen LogP contribution is 2.25. The summed E-state index contributed by atoms with van der Waals surface area (Å²) in [7, 11) is 0. The maximum absolute atomic E-state index is 11.8. The summed E-state index contributed by atoms with van der Waals surface area (Å²) in [5.74, 6) is -0.162. The maximum Gasteiger partial charge on any atom is 0.334 e. The van der Waals surface area contributed by atoms with Crippen molar-refractivity contribution in [2.45, 2.75) is 13.3 Å². The normalized spacial score (nSPS) is 16.3. The van der Waals surface area contributed by atoms with Crippen LogP contribution >= 0.6 is 11.3 Å². The summed E-state index contributed by atoms with van der Waals surface area (Å²) in [6, 6.07) is 2.05. The van der Waals surface area contributed by atoms with Crippen LogP contribution in [0.5, 0.6) is 0 Å². The van der Waals surface area contributed by atoms with E-state index in [-0.39, 0.29) is 5.97 Å². The van der Waals surface area contributed by atoms with Gasteiger partial charge >= 0.3 is 5.97 Å². The van der Waals surface area contributed by atoms with E-state index >= 15 is 0 Å². The Morgan fingerprint density at radius 2 is 2.50 bits per heavy atom. The standard InChI is InChI=1S/C12H15NO2S/c1-2-15-12(14)10-3-5-13-7-11(10)9-4-6-16-8-9/h4,6,8,13H,2-3,5,7H2,1H3. The van der Waals surface area contributed by atoms with Crippen LogP contribution in [0.1, 0.15) is 18.9 Å². The Hall–Kier alpha value is -1.13. The fourth-order valence-electron chi connectivity index (χ4n) is 1.84. The summed E-state index contributed by atoms with van der Waals surface area (Å²) in [4.78, 5) is 11.8. The average molecular weight is 237 g/mol. The van der Waals surface area contributed by atoms with Gasteiger partial charge in [-0.05, 0) is 47.9 Å². The molecule has 0 fully saturated rings. The first kappa shape index (κ1) is 11.4. The minimum absolute atomic E-state index is 0.162. The molecular formula is C12H15NO2S. The molecule has 2 heterocycles. The van der Waals surface area contributed by atoms with Crippen LogP contribution in [-0.4, -0.2) is 25.7 Å². The zero-order valence-electron chi connectivity index (χ0n) is 9.29. The van der Waals surface area contributed by atoms with Crippen molar-refractivity contribution < 1.29 is 9.53 Å². The molecular weight excluding hydrogens is 222 g/mol. The molecule has 1 N–H and O–H groups in total. The van der Waals surface area contributed by atoms with E-state index in [4.69, 9.17) is 4.74 Å². The summed E-state index contributed by atoms with van der Waals surface area (Å²) in [6.45, 7) is 3.88. The first-order valence-electron chi connectivity index (χ1n) is 5.45. The molecule has 0 saturated carbocycles. The van der Waals surface area contributed by atoms with E-state index in [9.17, 15) is 4.79 Å². The quantitative estimate of drug-likeness (QED) is 0.818. The van der Waals surface area contributed by atoms with E-state index in [1.165, 1.54) is 0 Å². The zero-order chi connectivity index (χ0) is 11.4. The molecule has 0 aromatic carbocycles. The first-order valence-corrected chi connectivity index (χ1v) is 6.39. The van der Waals surface area contributed by atoms with E-state index < -0.39 is 0 Å². The van der Waals surface area contributed by atoms with E-state index in [0.29, 0.717) is 6.61 Å². The van der Waals surface area contributed by atoms with Crippen molar-refractivity contribution >= 4 is 22.9 Å². The molecule has 1 aliphatic rings. The van der Waals surface area contributed by atoms with Gasteiger partial charge in [0.2, 0.25) is 0 Å². The lowest BCUT2D eigenvalue weighted by molar-refractivity contribution is -0.138. The third-order valence-electron chi connectivity index (χ3n) is 2.61. The van der Waals surface area contributed by atoms with E-state index in [0.717, 1.165) is 36.2 Å². The highest BCUT2D eigenvalue weighted by Gasteiger charge is 2.20. The lowest BCUT2D eigenvalue weighted by Crippen LogP contribution is -2.27. The summed E-state index contributed by atoms with van der Waals surface area (Å²) in [6.07, 6.45) is 0.754. The van der Waals surface area contributed by atoms with Crippen molar-refractivity contribution in [2.75, 3.05) is 19.7 Å². The second-order valence-electron chi connectivity index (χ2n) is 3.62. The Balaban J connectivity index is 2.31. The number of nitrogens with one attached hydrogen (secondary N) is 1. The van der Waals surface area contributed by atoms with E-state index in [1.807, 2.05) is 18.4 Å². The van der Waals surface area contributed by atoms with Crippen molar-refractivity contribution in [3.8, 4) is 0 Å². The Kier molecular flexibility index (Phi) is 3.74. The van der Waals surface area contributed by atoms with Gasteiger partial charge in [-0.2, -0.15) is 11.3 Å². The van der Waals surface area contributed by atoms with Crippen LogP contribution in [0.25, 0.3) is 5.57 Å². The van der Waals surface area contributed by atoms with Crippen LogP contribution in [0, 0.1) is 0 Å². The number of thiophene rings is 1. The summed E-state index contributed by atoms with van der Waals surface area (Å²) < 4.78 is 5.09. The smallest absolute Gasteiger partial charge is 0.334 e. The molecule has 2 rings (SSSR count). The fraction of sp³-hybridized carbons (Fsp3) is 0.417. The zero-order valence-corrected chi connectivity index (χ0v) is 10.1. The lowest BCUT2D eigenvalue weighted by Gasteiger charge is -2.19. The molecule has 4 heteroatoms. The predicted octanol–water partition coefficient (Wildman–Crippen LogP) is 2.06. The molecule has 16 heavy (non-hydrogen) atoms. The van der Waals surface area contributed by atoms with Crippen LogP contribution in [0.15, 0.2) is 22.4 Å². The minimum Gasteiger partial charge on any atom is -0.463 e. The molecule has 0 bridgehead atoms. The number of esters is 1. The first-order chi connectivity index (χ1) is 7.83. The van der Waals surface area contributed by atoms with Gasteiger partial charge in [0.05, 0.1) is 6.61 Å². The summed E-state index contributed by atoms with van der Waals surface area (Å²) in [5, 5.41) is 7.39. The van der Waals surface area contributed by atoms with Gasteiger partial charge < -0.3 is 10.1 Å². The van der Waals surface area contributed by atoms with Crippen LogP contribution in [-0.2, 0) is 9.53 Å². The van der Waals surface area contributed by atoms with Gasteiger partial charge in [-0.3, -0.25) is 0 Å². The molecule has 0 spiro atoms. The Morgan fingerprint density at radius 3 is 3.19 bits per heavy atom. The van der Waals surface area contributed by atoms with Gasteiger partial charge in [0.1, 0.15) is 0 Å². The molecule has 86 valence electrons. The Bertz CT molecular complexity index is 395. The van der Waals surface area contributed by atoms with Crippen LogP contribution < -0.4 is 5.32 Å². The molecule has 0 radical (unpaired) electrons. The van der Waals surface area contributed by atoms with Crippen molar-refractivity contribution in [1.29, 1.82) is 0 Å². The van der Waals surface area contributed by atoms with Crippen molar-refractivity contribution in [1.82, 2.24) is 5.32 Å². The molecule has 3 nitrogen and oxygen atoms in total. The Labute approximate surface area is 99.1 Å². The molecule has 0 amide bonds. The predicted molar refractivity (Wildman–Crippen MR) is 65.4 cm³/mol. The second kappa shape index (κ2) is 5.27. The topological polar surface area (TPSA) is 38.3 Å². The number of hydrogen-bond donors (Lipinski definition) is 1. The highest BCUT2D eigenvalue weighted by molar-refractivity contribution is 7.08. The average Bonchev–Trinajstić information content (AvgIpc) is 2.83. The van der Waals surface area contributed by atoms with Crippen LogP contribution in [0.3, 0.4) is 0 Å². The van der Waals surface area contributed by atoms with E-state index in [1.54, 1.807) is 11.3 Å². The Morgan fingerprint density at radius 1 is 1.62 bits per heavy atom. The van der Waals surface area contributed by atoms with Gasteiger partial charge in [0, 0.05) is 12.1 Å². The van der Waals surface area contributed by atoms with E-state index in [2.05, 4.69) is 10.7 Å². The van der Waals surface area contributed by atoms with Gasteiger partial charge in [-0.1, -0.05) is 0 Å². The third kappa shape index (κ3) is 2.33. The number of carbonyl (C=O) groups excluding carboxylic acids is 1. The molecule has 1 aliphatic heterocycles. The number of rotatable bonds is 3. The van der Waals surface area contributed by atoms with Crippen LogP contribution in [0.2, 0.25) is 0 Å².